The third-order valence-electron chi connectivity index (χ3n) is 5.36. The van der Waals surface area contributed by atoms with E-state index in [1.54, 1.807) is 0 Å². The van der Waals surface area contributed by atoms with Crippen LogP contribution in [0.1, 0.15) is 46.9 Å². The fourth-order valence-corrected chi connectivity index (χ4v) is 4.42. The van der Waals surface area contributed by atoms with E-state index in [0.717, 1.165) is 13.0 Å². The van der Waals surface area contributed by atoms with E-state index in [0.29, 0.717) is 30.7 Å². The van der Waals surface area contributed by atoms with Crippen LogP contribution in [0.15, 0.2) is 48.5 Å². The lowest BCUT2D eigenvalue weighted by Gasteiger charge is -2.45. The minimum absolute atomic E-state index is 0.0653. The molecular formula is C20H22N2O. The van der Waals surface area contributed by atoms with Crippen molar-refractivity contribution in [3.05, 3.63) is 70.8 Å². The van der Waals surface area contributed by atoms with Gasteiger partial charge in [0.25, 0.3) is 0 Å². The molecule has 0 radical (unpaired) electrons. The highest BCUT2D eigenvalue weighted by atomic mass is 16.1. The second kappa shape index (κ2) is 5.82. The van der Waals surface area contributed by atoms with Gasteiger partial charge in [-0.05, 0) is 34.6 Å². The smallest absolute Gasteiger partial charge is 0.221 e. The number of fused-ring (bicyclic) bond motifs is 1. The molecule has 0 aromatic heterocycles. The zero-order valence-electron chi connectivity index (χ0n) is 13.2. The molecule has 3 nitrogen and oxygen atoms in total. The Morgan fingerprint density at radius 2 is 1.57 bits per heavy atom. The zero-order chi connectivity index (χ0) is 15.8. The summed E-state index contributed by atoms with van der Waals surface area (Å²) in [6.07, 6.45) is 1.52. The predicted molar refractivity (Wildman–Crippen MR) is 91.4 cm³/mol. The number of carbonyl (C=O) groups is 1. The second-order valence-electron chi connectivity index (χ2n) is 6.63. The fourth-order valence-electron chi connectivity index (χ4n) is 4.42. The van der Waals surface area contributed by atoms with Crippen molar-refractivity contribution in [2.75, 3.05) is 13.1 Å². The molecular weight excluding hydrogens is 284 g/mol. The van der Waals surface area contributed by atoms with Crippen molar-refractivity contribution in [1.29, 1.82) is 0 Å². The number of hydrogen-bond acceptors (Lipinski definition) is 2. The highest BCUT2D eigenvalue weighted by Gasteiger charge is 2.42. The minimum Gasteiger partial charge on any atom is -0.356 e. The van der Waals surface area contributed by atoms with Gasteiger partial charge < -0.3 is 11.1 Å². The van der Waals surface area contributed by atoms with E-state index in [-0.39, 0.29) is 5.91 Å². The topological polar surface area (TPSA) is 55.1 Å². The van der Waals surface area contributed by atoms with Gasteiger partial charge in [0.2, 0.25) is 5.91 Å². The third-order valence-corrected chi connectivity index (χ3v) is 5.36. The van der Waals surface area contributed by atoms with E-state index in [4.69, 9.17) is 5.73 Å². The molecule has 1 atom stereocenters. The van der Waals surface area contributed by atoms with Gasteiger partial charge in [-0.1, -0.05) is 48.5 Å². The minimum atomic E-state index is 0.0653. The van der Waals surface area contributed by atoms with Crippen molar-refractivity contribution >= 4 is 5.91 Å². The number of nitrogens with two attached hydrogens (primary N) is 1. The van der Waals surface area contributed by atoms with Gasteiger partial charge in [-0.15, -0.1) is 0 Å². The summed E-state index contributed by atoms with van der Waals surface area (Å²) in [4.78, 5) is 11.8. The van der Waals surface area contributed by atoms with Gasteiger partial charge >= 0.3 is 0 Å². The molecule has 2 aromatic carbocycles. The Hall–Kier alpha value is -2.13. The van der Waals surface area contributed by atoms with Gasteiger partial charge in [-0.2, -0.15) is 0 Å². The molecule has 3 heteroatoms. The molecule has 118 valence electrons. The van der Waals surface area contributed by atoms with E-state index in [9.17, 15) is 4.79 Å². The van der Waals surface area contributed by atoms with Crippen LogP contribution in [-0.4, -0.2) is 19.0 Å². The first kappa shape index (κ1) is 14.5. The molecule has 2 aromatic rings. The van der Waals surface area contributed by atoms with Gasteiger partial charge in [0.1, 0.15) is 0 Å². The zero-order valence-corrected chi connectivity index (χ0v) is 13.2. The molecule has 0 saturated carbocycles. The standard InChI is InChI=1S/C20H22N2O/c21-10-9-19(23)22-12-13-11-18-14-5-1-3-7-16(14)20(13)17-8-4-2-6-15(17)18/h1-8,13,18,20H,9-12,21H2,(H,22,23). The first-order valence-electron chi connectivity index (χ1n) is 8.44. The van der Waals surface area contributed by atoms with Crippen LogP contribution in [0.3, 0.4) is 0 Å². The second-order valence-corrected chi connectivity index (χ2v) is 6.63. The van der Waals surface area contributed by atoms with Crippen LogP contribution in [0, 0.1) is 5.92 Å². The monoisotopic (exact) mass is 306 g/mol. The lowest BCUT2D eigenvalue weighted by molar-refractivity contribution is -0.121. The van der Waals surface area contributed by atoms with Gasteiger partial charge in [-0.3, -0.25) is 4.79 Å². The van der Waals surface area contributed by atoms with Crippen molar-refractivity contribution in [1.82, 2.24) is 5.32 Å². The average molecular weight is 306 g/mol. The Bertz CT molecular complexity index is 692. The summed E-state index contributed by atoms with van der Waals surface area (Å²) in [7, 11) is 0. The molecule has 5 rings (SSSR count). The molecule has 0 spiro atoms. The number of rotatable bonds is 4. The number of nitrogens with one attached hydrogen (secondary N) is 1. The maximum atomic E-state index is 11.8. The summed E-state index contributed by atoms with van der Waals surface area (Å²) in [6, 6.07) is 17.6. The van der Waals surface area contributed by atoms with Crippen LogP contribution in [0.2, 0.25) is 0 Å². The molecule has 3 N–H and O–H groups in total. The summed E-state index contributed by atoms with van der Waals surface area (Å²) >= 11 is 0. The lowest BCUT2D eigenvalue weighted by Crippen LogP contribution is -2.39. The first-order chi connectivity index (χ1) is 11.3. The molecule has 0 heterocycles. The van der Waals surface area contributed by atoms with Crippen LogP contribution in [-0.2, 0) is 4.79 Å². The van der Waals surface area contributed by atoms with Crippen molar-refractivity contribution in [2.24, 2.45) is 11.7 Å². The van der Waals surface area contributed by atoms with Crippen LogP contribution >= 0.6 is 0 Å². The average Bonchev–Trinajstić information content (AvgIpc) is 2.60. The normalized spacial score (nSPS) is 24.0. The summed E-state index contributed by atoms with van der Waals surface area (Å²) in [5, 5.41) is 3.08. The SMILES string of the molecule is NCCC(=O)NCC1CC2c3ccccc3C1c1ccccc12. The van der Waals surface area contributed by atoms with E-state index in [2.05, 4.69) is 53.8 Å². The Kier molecular flexibility index (Phi) is 3.66. The quantitative estimate of drug-likeness (QED) is 0.912. The Labute approximate surface area is 136 Å². The number of carbonyl (C=O) groups excluding carboxylic acids is 1. The molecule has 0 aliphatic heterocycles. The third kappa shape index (κ3) is 2.36. The van der Waals surface area contributed by atoms with E-state index in [1.165, 1.54) is 22.3 Å². The molecule has 23 heavy (non-hydrogen) atoms. The van der Waals surface area contributed by atoms with Crippen LogP contribution in [0.25, 0.3) is 0 Å². The van der Waals surface area contributed by atoms with E-state index < -0.39 is 0 Å². The molecule has 1 unspecified atom stereocenters. The van der Waals surface area contributed by atoms with E-state index >= 15 is 0 Å². The van der Waals surface area contributed by atoms with Crippen molar-refractivity contribution in [2.45, 2.75) is 24.7 Å². The van der Waals surface area contributed by atoms with Crippen molar-refractivity contribution in [3.8, 4) is 0 Å². The largest absolute Gasteiger partial charge is 0.356 e. The maximum Gasteiger partial charge on any atom is 0.221 e. The highest BCUT2D eigenvalue weighted by Crippen LogP contribution is 2.54. The Morgan fingerprint density at radius 3 is 2.13 bits per heavy atom. The summed E-state index contributed by atoms with van der Waals surface area (Å²) in [5.74, 6) is 1.39. The molecule has 0 saturated heterocycles. The Balaban J connectivity index is 1.67. The molecule has 0 fully saturated rings. The van der Waals surface area contributed by atoms with Gasteiger partial charge in [0.15, 0.2) is 0 Å². The van der Waals surface area contributed by atoms with Crippen LogP contribution < -0.4 is 11.1 Å². The van der Waals surface area contributed by atoms with Gasteiger partial charge in [0.05, 0.1) is 0 Å². The van der Waals surface area contributed by atoms with Crippen molar-refractivity contribution < 1.29 is 4.79 Å². The maximum absolute atomic E-state index is 11.8. The molecule has 3 aliphatic rings. The Morgan fingerprint density at radius 1 is 1.00 bits per heavy atom. The number of benzene rings is 2. The summed E-state index contributed by atoms with van der Waals surface area (Å²) < 4.78 is 0. The van der Waals surface area contributed by atoms with Gasteiger partial charge in [-0.25, -0.2) is 0 Å². The fraction of sp³-hybridized carbons (Fsp3) is 0.350. The van der Waals surface area contributed by atoms with Gasteiger partial charge in [0, 0.05) is 31.3 Å². The summed E-state index contributed by atoms with van der Waals surface area (Å²) in [6.45, 7) is 1.15. The number of hydrogen-bond donors (Lipinski definition) is 2. The lowest BCUT2D eigenvalue weighted by atomic mass is 9.59. The van der Waals surface area contributed by atoms with Crippen LogP contribution in [0.4, 0.5) is 0 Å². The molecule has 3 aliphatic carbocycles. The molecule has 1 amide bonds. The summed E-state index contributed by atoms with van der Waals surface area (Å²) in [5.41, 5.74) is 11.3. The molecule has 2 bridgehead atoms. The predicted octanol–water partition coefficient (Wildman–Crippen LogP) is 2.75. The first-order valence-corrected chi connectivity index (χ1v) is 8.44. The number of amides is 1. The van der Waals surface area contributed by atoms with Crippen molar-refractivity contribution in [3.63, 3.8) is 0 Å². The van der Waals surface area contributed by atoms with E-state index in [1.807, 2.05) is 0 Å². The van der Waals surface area contributed by atoms with Crippen LogP contribution in [0.5, 0.6) is 0 Å². The highest BCUT2D eigenvalue weighted by molar-refractivity contribution is 5.76.